The summed E-state index contributed by atoms with van der Waals surface area (Å²) >= 11 is 0. The van der Waals surface area contributed by atoms with E-state index in [4.69, 9.17) is 15.2 Å². The van der Waals surface area contributed by atoms with Crippen molar-refractivity contribution in [2.45, 2.75) is 18.9 Å². The Kier molecular flexibility index (Phi) is 3.87. The largest absolute Gasteiger partial charge is 0.455 e. The van der Waals surface area contributed by atoms with Crippen LogP contribution in [0.1, 0.15) is 23.3 Å². The molecule has 6 nitrogen and oxygen atoms in total. The van der Waals surface area contributed by atoms with Crippen LogP contribution in [0.2, 0.25) is 0 Å². The fourth-order valence-corrected chi connectivity index (χ4v) is 2.22. The van der Waals surface area contributed by atoms with Crippen molar-refractivity contribution < 1.29 is 14.3 Å². The number of nitrogens with zero attached hydrogens (tertiary/aromatic N) is 2. The maximum absolute atomic E-state index is 12.0. The second kappa shape index (κ2) is 5.97. The molecule has 0 aliphatic carbocycles. The van der Waals surface area contributed by atoms with Crippen LogP contribution in [-0.4, -0.2) is 35.1 Å². The van der Waals surface area contributed by atoms with Gasteiger partial charge in [0.1, 0.15) is 6.10 Å². The van der Waals surface area contributed by atoms with Crippen molar-refractivity contribution >= 4 is 11.7 Å². The van der Waals surface area contributed by atoms with E-state index < -0.39 is 5.97 Å². The second-order valence-corrected chi connectivity index (χ2v) is 4.98. The number of nitrogens with two attached hydrogens (primary N) is 1. The zero-order chi connectivity index (χ0) is 14.7. The van der Waals surface area contributed by atoms with Gasteiger partial charge in [0.2, 0.25) is 0 Å². The van der Waals surface area contributed by atoms with Gasteiger partial charge in [0, 0.05) is 18.5 Å². The minimum Gasteiger partial charge on any atom is -0.455 e. The van der Waals surface area contributed by atoms with Crippen molar-refractivity contribution in [2.75, 3.05) is 18.9 Å². The van der Waals surface area contributed by atoms with Crippen LogP contribution in [0.15, 0.2) is 36.5 Å². The number of anilines is 1. The molecule has 2 heterocycles. The Labute approximate surface area is 122 Å². The Morgan fingerprint density at radius 2 is 2.14 bits per heavy atom. The Morgan fingerprint density at radius 3 is 2.86 bits per heavy atom. The number of nitrogen functional groups attached to an aromatic ring is 1. The fourth-order valence-electron chi connectivity index (χ4n) is 2.22. The topological polar surface area (TPSA) is 79.4 Å². The zero-order valence-electron chi connectivity index (χ0n) is 11.6. The molecule has 1 unspecified atom stereocenters. The SMILES string of the molecule is Nc1ccc(-n2ccc(C(=O)OC3CCCOC3)n2)cc1. The van der Waals surface area contributed by atoms with Crippen LogP contribution in [0.3, 0.4) is 0 Å². The second-order valence-electron chi connectivity index (χ2n) is 4.98. The molecule has 0 amide bonds. The van der Waals surface area contributed by atoms with E-state index in [0.29, 0.717) is 12.3 Å². The summed E-state index contributed by atoms with van der Waals surface area (Å²) in [6.07, 6.45) is 3.30. The molecular weight excluding hydrogens is 270 g/mol. The van der Waals surface area contributed by atoms with E-state index in [0.717, 1.165) is 25.1 Å². The predicted molar refractivity (Wildman–Crippen MR) is 77.2 cm³/mol. The lowest BCUT2D eigenvalue weighted by atomic mass is 10.2. The van der Waals surface area contributed by atoms with Crippen LogP contribution in [0, 0.1) is 0 Å². The highest BCUT2D eigenvalue weighted by Crippen LogP contribution is 2.14. The summed E-state index contributed by atoms with van der Waals surface area (Å²) in [5.41, 5.74) is 7.46. The molecule has 1 aliphatic rings. The highest BCUT2D eigenvalue weighted by atomic mass is 16.6. The Morgan fingerprint density at radius 1 is 1.33 bits per heavy atom. The molecule has 1 fully saturated rings. The summed E-state index contributed by atoms with van der Waals surface area (Å²) in [5, 5.41) is 4.24. The fraction of sp³-hybridized carbons (Fsp3) is 0.333. The Bertz CT molecular complexity index is 615. The molecule has 6 heteroatoms. The summed E-state index contributed by atoms with van der Waals surface area (Å²) in [7, 11) is 0. The molecule has 2 N–H and O–H groups in total. The van der Waals surface area contributed by atoms with E-state index in [9.17, 15) is 4.79 Å². The first-order valence-corrected chi connectivity index (χ1v) is 6.93. The van der Waals surface area contributed by atoms with Crippen molar-refractivity contribution in [1.29, 1.82) is 0 Å². The number of rotatable bonds is 3. The lowest BCUT2D eigenvalue weighted by Gasteiger charge is -2.21. The number of esters is 1. The minimum absolute atomic E-state index is 0.173. The van der Waals surface area contributed by atoms with Gasteiger partial charge in [-0.1, -0.05) is 0 Å². The normalized spacial score (nSPS) is 18.4. The first-order chi connectivity index (χ1) is 10.2. The lowest BCUT2D eigenvalue weighted by molar-refractivity contribution is -0.0309. The van der Waals surface area contributed by atoms with Gasteiger partial charge >= 0.3 is 5.97 Å². The molecule has 2 aromatic rings. The van der Waals surface area contributed by atoms with Gasteiger partial charge in [-0.15, -0.1) is 0 Å². The Balaban J connectivity index is 1.69. The van der Waals surface area contributed by atoms with Crippen LogP contribution in [0.25, 0.3) is 5.69 Å². The molecule has 1 aromatic heterocycles. The van der Waals surface area contributed by atoms with Crippen LogP contribution in [-0.2, 0) is 9.47 Å². The molecule has 21 heavy (non-hydrogen) atoms. The van der Waals surface area contributed by atoms with E-state index in [2.05, 4.69) is 5.10 Å². The van der Waals surface area contributed by atoms with Crippen molar-refractivity contribution in [3.8, 4) is 5.69 Å². The molecule has 1 aliphatic heterocycles. The average molecular weight is 287 g/mol. The number of hydrogen-bond donors (Lipinski definition) is 1. The molecule has 3 rings (SSSR count). The maximum Gasteiger partial charge on any atom is 0.359 e. The van der Waals surface area contributed by atoms with Gasteiger partial charge in [0.15, 0.2) is 5.69 Å². The molecule has 0 radical (unpaired) electrons. The first kappa shape index (κ1) is 13.6. The average Bonchev–Trinajstić information content (AvgIpc) is 2.99. The van der Waals surface area contributed by atoms with Gasteiger partial charge in [-0.3, -0.25) is 0 Å². The third-order valence-corrected chi connectivity index (χ3v) is 3.35. The highest BCUT2D eigenvalue weighted by molar-refractivity contribution is 5.87. The zero-order valence-corrected chi connectivity index (χ0v) is 11.6. The number of benzene rings is 1. The highest BCUT2D eigenvalue weighted by Gasteiger charge is 2.20. The van der Waals surface area contributed by atoms with E-state index in [1.807, 2.05) is 12.1 Å². The quantitative estimate of drug-likeness (QED) is 0.687. The lowest BCUT2D eigenvalue weighted by Crippen LogP contribution is -2.28. The summed E-state index contributed by atoms with van der Waals surface area (Å²) in [6.45, 7) is 1.20. The van der Waals surface area contributed by atoms with Gasteiger partial charge in [-0.05, 0) is 43.2 Å². The van der Waals surface area contributed by atoms with Crippen molar-refractivity contribution in [3.63, 3.8) is 0 Å². The van der Waals surface area contributed by atoms with Gasteiger partial charge in [-0.2, -0.15) is 5.10 Å². The minimum atomic E-state index is -0.417. The number of ether oxygens (including phenoxy) is 2. The van der Waals surface area contributed by atoms with Crippen molar-refractivity contribution in [3.05, 3.63) is 42.2 Å². The standard InChI is InChI=1S/C15H17N3O3/c16-11-3-5-12(6-4-11)18-8-7-14(17-18)15(19)21-13-2-1-9-20-10-13/h3-8,13H,1-2,9-10,16H2. The van der Waals surface area contributed by atoms with E-state index in [-0.39, 0.29) is 11.8 Å². The molecule has 110 valence electrons. The summed E-state index contributed by atoms with van der Waals surface area (Å²) < 4.78 is 12.3. The first-order valence-electron chi connectivity index (χ1n) is 6.93. The van der Waals surface area contributed by atoms with Crippen LogP contribution < -0.4 is 5.73 Å². The third kappa shape index (κ3) is 3.22. The third-order valence-electron chi connectivity index (χ3n) is 3.35. The molecule has 1 aromatic carbocycles. The van der Waals surface area contributed by atoms with E-state index >= 15 is 0 Å². The van der Waals surface area contributed by atoms with E-state index in [1.165, 1.54) is 0 Å². The van der Waals surface area contributed by atoms with Crippen molar-refractivity contribution in [2.24, 2.45) is 0 Å². The molecular formula is C15H17N3O3. The monoisotopic (exact) mass is 287 g/mol. The molecule has 0 spiro atoms. The van der Waals surface area contributed by atoms with Crippen LogP contribution in [0.5, 0.6) is 0 Å². The van der Waals surface area contributed by atoms with Gasteiger partial charge in [0.05, 0.1) is 12.3 Å². The number of carbonyl (C=O) groups excluding carboxylic acids is 1. The molecule has 0 saturated carbocycles. The van der Waals surface area contributed by atoms with Gasteiger partial charge in [0.25, 0.3) is 0 Å². The molecule has 1 saturated heterocycles. The van der Waals surface area contributed by atoms with E-state index in [1.54, 1.807) is 29.1 Å². The van der Waals surface area contributed by atoms with Gasteiger partial charge in [-0.25, -0.2) is 9.48 Å². The summed E-state index contributed by atoms with van der Waals surface area (Å²) in [6, 6.07) is 8.89. The van der Waals surface area contributed by atoms with Gasteiger partial charge < -0.3 is 15.2 Å². The molecule has 1 atom stereocenters. The number of aromatic nitrogens is 2. The Hall–Kier alpha value is -2.34. The summed E-state index contributed by atoms with van der Waals surface area (Å²) in [5.74, 6) is -0.417. The number of carbonyl (C=O) groups is 1. The number of hydrogen-bond acceptors (Lipinski definition) is 5. The van der Waals surface area contributed by atoms with Crippen molar-refractivity contribution in [1.82, 2.24) is 9.78 Å². The maximum atomic E-state index is 12.0. The smallest absolute Gasteiger partial charge is 0.359 e. The van der Waals surface area contributed by atoms with Crippen LogP contribution >= 0.6 is 0 Å². The van der Waals surface area contributed by atoms with Crippen LogP contribution in [0.4, 0.5) is 5.69 Å². The molecule has 0 bridgehead atoms. The summed E-state index contributed by atoms with van der Waals surface area (Å²) in [4.78, 5) is 12.0. The predicted octanol–water partition coefficient (Wildman–Crippen LogP) is 1.79.